The van der Waals surface area contributed by atoms with Crippen LogP contribution in [0, 0.1) is 24.1 Å². The van der Waals surface area contributed by atoms with Gasteiger partial charge in [0.15, 0.2) is 5.78 Å². The number of nitrogens with zero attached hydrogens (tertiary/aromatic N) is 3. The number of carbonyl (C=O) groups excluding carboxylic acids is 2. The van der Waals surface area contributed by atoms with Crippen LogP contribution >= 0.6 is 0 Å². The summed E-state index contributed by atoms with van der Waals surface area (Å²) in [5.74, 6) is -0.894. The number of halogens is 1. The van der Waals surface area contributed by atoms with Crippen molar-refractivity contribution in [2.75, 3.05) is 13.2 Å². The van der Waals surface area contributed by atoms with Crippen molar-refractivity contribution < 1.29 is 18.7 Å². The number of amides is 1. The highest BCUT2D eigenvalue weighted by molar-refractivity contribution is 5.94. The number of ketones is 1. The Labute approximate surface area is 162 Å². The Balaban J connectivity index is 2.17. The lowest BCUT2D eigenvalue weighted by atomic mass is 10.1. The average molecular weight is 384 g/mol. The number of aromatic nitrogens is 2. The van der Waals surface area contributed by atoms with E-state index in [1.165, 1.54) is 19.1 Å². The van der Waals surface area contributed by atoms with Crippen LogP contribution in [0.15, 0.2) is 24.3 Å². The minimum atomic E-state index is -0.524. The minimum Gasteiger partial charge on any atom is -0.373 e. The van der Waals surface area contributed by atoms with Crippen LogP contribution in [-0.4, -0.2) is 34.9 Å². The number of Topliss-reactive ketones (excluding diaryl/α,β-unsaturated/α-hetero) is 1. The molecular weight excluding hydrogens is 363 g/mol. The highest BCUT2D eigenvalue weighted by Crippen LogP contribution is 2.17. The summed E-state index contributed by atoms with van der Waals surface area (Å²) in [4.78, 5) is 32.1. The van der Waals surface area contributed by atoms with Crippen LogP contribution < -0.4 is 5.32 Å². The number of nitriles is 1. The first kappa shape index (κ1) is 21.1. The average Bonchev–Trinajstić information content (AvgIpc) is 2.66. The monoisotopic (exact) mass is 384 g/mol. The van der Waals surface area contributed by atoms with E-state index in [4.69, 9.17) is 4.74 Å². The van der Waals surface area contributed by atoms with Crippen LogP contribution in [0.3, 0.4) is 0 Å². The van der Waals surface area contributed by atoms with Crippen molar-refractivity contribution in [2.45, 2.75) is 33.2 Å². The first-order valence-corrected chi connectivity index (χ1v) is 8.70. The zero-order valence-corrected chi connectivity index (χ0v) is 16.0. The quantitative estimate of drug-likeness (QED) is 0.749. The van der Waals surface area contributed by atoms with Crippen LogP contribution in [0.1, 0.15) is 52.9 Å². The highest BCUT2D eigenvalue weighted by atomic mass is 19.1. The smallest absolute Gasteiger partial charge is 0.271 e. The summed E-state index contributed by atoms with van der Waals surface area (Å²) in [7, 11) is 0. The molecule has 2 rings (SSSR count). The van der Waals surface area contributed by atoms with Gasteiger partial charge in [-0.2, -0.15) is 5.26 Å². The van der Waals surface area contributed by atoms with Gasteiger partial charge in [-0.1, -0.05) is 19.1 Å². The van der Waals surface area contributed by atoms with E-state index in [9.17, 15) is 19.2 Å². The van der Waals surface area contributed by atoms with Gasteiger partial charge in [-0.25, -0.2) is 14.4 Å². The normalized spacial score (nSPS) is 11.5. The fraction of sp³-hybridized carbons (Fsp3) is 0.350. The zero-order chi connectivity index (χ0) is 20.7. The molecule has 1 aromatic heterocycles. The number of hydrogen-bond donors (Lipinski definition) is 1. The Morgan fingerprint density at radius 1 is 1.29 bits per heavy atom. The third kappa shape index (κ3) is 5.66. The number of aryl methyl sites for hydroxylation is 1. The summed E-state index contributed by atoms with van der Waals surface area (Å²) in [6.45, 7) is 5.23. The van der Waals surface area contributed by atoms with E-state index in [1.807, 2.05) is 6.07 Å². The Hall–Kier alpha value is -3.18. The lowest BCUT2D eigenvalue weighted by Crippen LogP contribution is -2.26. The van der Waals surface area contributed by atoms with E-state index >= 15 is 0 Å². The molecule has 0 saturated carbocycles. The van der Waals surface area contributed by atoms with Gasteiger partial charge in [0.25, 0.3) is 5.91 Å². The van der Waals surface area contributed by atoms with Crippen LogP contribution in [0.2, 0.25) is 0 Å². The summed E-state index contributed by atoms with van der Waals surface area (Å²) in [5.41, 5.74) is 1.17. The lowest BCUT2D eigenvalue weighted by molar-refractivity contribution is -0.121. The third-order valence-corrected chi connectivity index (χ3v) is 3.91. The molecule has 0 aliphatic heterocycles. The number of carbonyl (C=O) groups is 2. The van der Waals surface area contributed by atoms with E-state index in [0.29, 0.717) is 17.1 Å². The molecule has 8 heteroatoms. The Morgan fingerprint density at radius 3 is 2.57 bits per heavy atom. The molecule has 1 aromatic carbocycles. The number of rotatable bonds is 8. The van der Waals surface area contributed by atoms with Gasteiger partial charge < -0.3 is 10.1 Å². The first-order chi connectivity index (χ1) is 13.3. The molecule has 7 nitrogen and oxygen atoms in total. The van der Waals surface area contributed by atoms with Gasteiger partial charge in [-0.05, 0) is 31.5 Å². The second-order valence-corrected chi connectivity index (χ2v) is 6.43. The molecule has 0 aliphatic rings. The predicted molar refractivity (Wildman–Crippen MR) is 99.0 cm³/mol. The Bertz CT molecular complexity index is 907. The van der Waals surface area contributed by atoms with Gasteiger partial charge >= 0.3 is 0 Å². The second kappa shape index (κ2) is 9.67. The predicted octanol–water partition coefficient (Wildman–Crippen LogP) is 2.43. The van der Waals surface area contributed by atoms with Gasteiger partial charge in [0.2, 0.25) is 0 Å². The molecule has 0 spiro atoms. The molecule has 0 radical (unpaired) electrons. The molecule has 0 fully saturated rings. The van der Waals surface area contributed by atoms with Crippen LogP contribution in [0.5, 0.6) is 0 Å². The van der Waals surface area contributed by atoms with Gasteiger partial charge in [0, 0.05) is 12.5 Å². The summed E-state index contributed by atoms with van der Waals surface area (Å²) >= 11 is 0. The van der Waals surface area contributed by atoms with Crippen molar-refractivity contribution >= 4 is 11.7 Å². The molecule has 0 bridgehead atoms. The van der Waals surface area contributed by atoms with E-state index in [1.54, 1.807) is 26.0 Å². The summed E-state index contributed by atoms with van der Waals surface area (Å²) in [6.07, 6.45) is 0. The van der Waals surface area contributed by atoms with Gasteiger partial charge in [-0.3, -0.25) is 9.59 Å². The van der Waals surface area contributed by atoms with Gasteiger partial charge in [0.1, 0.15) is 35.6 Å². The maximum Gasteiger partial charge on any atom is 0.271 e. The number of nitrogens with one attached hydrogen (secondary N) is 1. The third-order valence-electron chi connectivity index (χ3n) is 3.91. The molecule has 28 heavy (non-hydrogen) atoms. The fourth-order valence-electron chi connectivity index (χ4n) is 2.44. The second-order valence-electron chi connectivity index (χ2n) is 6.43. The van der Waals surface area contributed by atoms with E-state index in [2.05, 4.69) is 15.3 Å². The van der Waals surface area contributed by atoms with Crippen molar-refractivity contribution in [2.24, 2.45) is 0 Å². The van der Waals surface area contributed by atoms with Crippen molar-refractivity contribution in [3.05, 3.63) is 58.4 Å². The molecule has 0 saturated heterocycles. The number of ether oxygens (including phenoxy) is 1. The van der Waals surface area contributed by atoms with Gasteiger partial charge in [0.05, 0.1) is 12.3 Å². The Morgan fingerprint density at radius 2 is 1.96 bits per heavy atom. The summed E-state index contributed by atoms with van der Waals surface area (Å²) < 4.78 is 18.3. The SMILES string of the molecule is CC(=O)COCC(C)c1nc(C)c(C#N)c(C(=O)NCc2ccc(F)cc2)n1. The van der Waals surface area contributed by atoms with Crippen molar-refractivity contribution in [1.29, 1.82) is 5.26 Å². The standard InChI is InChI=1S/C20H21FN4O3/c1-12(10-28-11-13(2)26)19-24-14(3)17(8-22)18(25-19)20(27)23-9-15-4-6-16(21)7-5-15/h4-7,12H,9-11H2,1-3H3,(H,23,27). The summed E-state index contributed by atoms with van der Waals surface area (Å²) in [5, 5.41) is 12.1. The molecular formula is C20H21FN4O3. The maximum absolute atomic E-state index is 13.0. The maximum atomic E-state index is 13.0. The topological polar surface area (TPSA) is 105 Å². The lowest BCUT2D eigenvalue weighted by Gasteiger charge is -2.14. The molecule has 0 aliphatic carbocycles. The molecule has 1 atom stereocenters. The highest BCUT2D eigenvalue weighted by Gasteiger charge is 2.21. The zero-order valence-electron chi connectivity index (χ0n) is 16.0. The minimum absolute atomic E-state index is 0.00931. The van der Waals surface area contributed by atoms with Gasteiger partial charge in [-0.15, -0.1) is 0 Å². The Kier molecular flexibility index (Phi) is 7.29. The molecule has 1 heterocycles. The van der Waals surface area contributed by atoms with Crippen LogP contribution in [0.25, 0.3) is 0 Å². The fourth-order valence-corrected chi connectivity index (χ4v) is 2.44. The van der Waals surface area contributed by atoms with E-state index in [-0.39, 0.29) is 48.5 Å². The molecule has 1 unspecified atom stereocenters. The largest absolute Gasteiger partial charge is 0.373 e. The number of benzene rings is 1. The van der Waals surface area contributed by atoms with E-state index in [0.717, 1.165) is 0 Å². The molecule has 2 aromatic rings. The molecule has 146 valence electrons. The molecule has 1 N–H and O–H groups in total. The van der Waals surface area contributed by atoms with E-state index < -0.39 is 5.91 Å². The molecule has 1 amide bonds. The number of hydrogen-bond acceptors (Lipinski definition) is 6. The van der Waals surface area contributed by atoms with Crippen LogP contribution in [0.4, 0.5) is 4.39 Å². The van der Waals surface area contributed by atoms with Crippen LogP contribution in [-0.2, 0) is 16.1 Å². The summed E-state index contributed by atoms with van der Waals surface area (Å²) in [6, 6.07) is 7.69. The van der Waals surface area contributed by atoms with Crippen molar-refractivity contribution in [1.82, 2.24) is 15.3 Å². The van der Waals surface area contributed by atoms with Crippen molar-refractivity contribution in [3.8, 4) is 6.07 Å². The van der Waals surface area contributed by atoms with Crippen molar-refractivity contribution in [3.63, 3.8) is 0 Å². The first-order valence-electron chi connectivity index (χ1n) is 8.70.